The highest BCUT2D eigenvalue weighted by Gasteiger charge is 2.47. The lowest BCUT2D eigenvalue weighted by Gasteiger charge is -2.40. The third-order valence-corrected chi connectivity index (χ3v) is 4.90. The number of benzene rings is 2. The topological polar surface area (TPSA) is 65.0 Å². The van der Waals surface area contributed by atoms with Gasteiger partial charge in [0.15, 0.2) is 11.4 Å². The predicted molar refractivity (Wildman–Crippen MR) is 106 cm³/mol. The van der Waals surface area contributed by atoms with Crippen LogP contribution in [0.15, 0.2) is 59.7 Å². The molecule has 1 heterocycles. The molecule has 1 unspecified atom stereocenters. The second kappa shape index (κ2) is 7.40. The molecule has 0 aliphatic carbocycles. The maximum absolute atomic E-state index is 12.7. The van der Waals surface area contributed by atoms with Gasteiger partial charge in [0.2, 0.25) is 5.84 Å². The number of hydrazone groups is 1. The molecule has 6 nitrogen and oxygen atoms in total. The average molecular weight is 385 g/mol. The Morgan fingerprint density at radius 3 is 2.30 bits per heavy atom. The molecule has 1 atom stereocenters. The number of nitrogens with one attached hydrogen (secondary N) is 1. The molecule has 1 aliphatic rings. The molecule has 0 fully saturated rings. The van der Waals surface area contributed by atoms with Crippen molar-refractivity contribution in [3.63, 3.8) is 0 Å². The highest BCUT2D eigenvalue weighted by atomic mass is 35.5. The molecule has 1 N–H and O–H groups in total. The summed E-state index contributed by atoms with van der Waals surface area (Å²) in [5.41, 5.74) is 3.38. The number of carbonyl (C=O) groups is 2. The first kappa shape index (κ1) is 18.9. The first-order valence-electron chi connectivity index (χ1n) is 8.68. The average Bonchev–Trinajstić information content (AvgIpc) is 2.96. The highest BCUT2D eigenvalue weighted by molar-refractivity contribution is 6.38. The van der Waals surface area contributed by atoms with E-state index < -0.39 is 5.66 Å². The number of amides is 1. The Morgan fingerprint density at radius 1 is 1.11 bits per heavy atom. The van der Waals surface area contributed by atoms with E-state index in [9.17, 15) is 9.59 Å². The first-order chi connectivity index (χ1) is 12.9. The van der Waals surface area contributed by atoms with Crippen LogP contribution in [-0.2, 0) is 4.79 Å². The van der Waals surface area contributed by atoms with E-state index >= 15 is 0 Å². The van der Waals surface area contributed by atoms with Crippen LogP contribution in [0.5, 0.6) is 0 Å². The van der Waals surface area contributed by atoms with E-state index in [4.69, 9.17) is 11.6 Å². The number of nitrogens with zero attached hydrogens (tertiary/aromatic N) is 3. The molecule has 0 bridgehead atoms. The Hall–Kier alpha value is -2.86. The lowest BCUT2D eigenvalue weighted by Crippen LogP contribution is -2.61. The van der Waals surface area contributed by atoms with Gasteiger partial charge in [0.05, 0.1) is 5.69 Å². The van der Waals surface area contributed by atoms with Crippen LogP contribution in [0.2, 0.25) is 5.02 Å². The second-order valence-electron chi connectivity index (χ2n) is 6.48. The smallest absolute Gasteiger partial charge is 0.269 e. The summed E-state index contributed by atoms with van der Waals surface area (Å²) in [6, 6.07) is 16.1. The van der Waals surface area contributed by atoms with E-state index in [0.717, 1.165) is 5.69 Å². The summed E-state index contributed by atoms with van der Waals surface area (Å²) in [5, 5.41) is 8.42. The van der Waals surface area contributed by atoms with Crippen LogP contribution in [0.3, 0.4) is 0 Å². The Balaban J connectivity index is 1.98. The third-order valence-electron chi connectivity index (χ3n) is 4.65. The van der Waals surface area contributed by atoms with Crippen molar-refractivity contribution in [3.8, 4) is 0 Å². The monoisotopic (exact) mass is 384 g/mol. The van der Waals surface area contributed by atoms with Gasteiger partial charge >= 0.3 is 0 Å². The highest BCUT2D eigenvalue weighted by Crippen LogP contribution is 2.35. The lowest BCUT2D eigenvalue weighted by molar-refractivity contribution is -0.112. The van der Waals surface area contributed by atoms with Crippen LogP contribution in [0.1, 0.15) is 37.6 Å². The molecule has 0 saturated heterocycles. The normalized spacial score (nSPS) is 19.0. The van der Waals surface area contributed by atoms with Crippen molar-refractivity contribution in [2.24, 2.45) is 5.10 Å². The van der Waals surface area contributed by atoms with E-state index in [1.807, 2.05) is 32.0 Å². The second-order valence-corrected chi connectivity index (χ2v) is 6.92. The fourth-order valence-corrected chi connectivity index (χ4v) is 3.08. The largest absolute Gasteiger partial charge is 0.291 e. The van der Waals surface area contributed by atoms with Crippen LogP contribution >= 0.6 is 11.6 Å². The summed E-state index contributed by atoms with van der Waals surface area (Å²) in [6.45, 7) is 5.33. The van der Waals surface area contributed by atoms with Gasteiger partial charge in [-0.15, -0.1) is 5.10 Å². The molecule has 1 amide bonds. The number of anilines is 1. The Kier molecular flexibility index (Phi) is 5.19. The molecule has 140 valence electrons. The predicted octanol–water partition coefficient (Wildman–Crippen LogP) is 3.84. The summed E-state index contributed by atoms with van der Waals surface area (Å²) >= 11 is 5.99. The number of halogens is 1. The number of Topliss-reactive ketones (excluding diaryl/α,β-unsaturated/α-hetero) is 1. The third kappa shape index (κ3) is 3.53. The maximum atomic E-state index is 12.7. The molecule has 1 aliphatic heterocycles. The van der Waals surface area contributed by atoms with Gasteiger partial charge in [-0.1, -0.05) is 36.7 Å². The quantitative estimate of drug-likeness (QED) is 0.850. The van der Waals surface area contributed by atoms with E-state index in [1.165, 1.54) is 6.92 Å². The van der Waals surface area contributed by atoms with E-state index in [0.29, 0.717) is 17.0 Å². The first-order valence-corrected chi connectivity index (χ1v) is 9.06. The zero-order valence-corrected chi connectivity index (χ0v) is 16.2. The summed E-state index contributed by atoms with van der Waals surface area (Å²) < 4.78 is 0. The Morgan fingerprint density at radius 2 is 1.74 bits per heavy atom. The van der Waals surface area contributed by atoms with Crippen LogP contribution in [0.4, 0.5) is 5.69 Å². The molecule has 27 heavy (non-hydrogen) atoms. The van der Waals surface area contributed by atoms with Gasteiger partial charge in [0.1, 0.15) is 0 Å². The maximum Gasteiger partial charge on any atom is 0.269 e. The summed E-state index contributed by atoms with van der Waals surface area (Å²) in [6.07, 6.45) is 0.602. The van der Waals surface area contributed by atoms with Crippen LogP contribution in [-0.4, -0.2) is 28.2 Å². The number of carbonyl (C=O) groups excluding carboxylic acids is 2. The van der Waals surface area contributed by atoms with Gasteiger partial charge < -0.3 is 0 Å². The van der Waals surface area contributed by atoms with Gasteiger partial charge in [-0.2, -0.15) is 0 Å². The van der Waals surface area contributed by atoms with Crippen molar-refractivity contribution in [2.75, 3.05) is 5.01 Å². The molecule has 0 radical (unpaired) electrons. The van der Waals surface area contributed by atoms with Crippen molar-refractivity contribution >= 4 is 34.8 Å². The van der Waals surface area contributed by atoms with Gasteiger partial charge in [-0.3, -0.25) is 15.0 Å². The minimum absolute atomic E-state index is 0.179. The summed E-state index contributed by atoms with van der Waals surface area (Å²) in [4.78, 5) is 24.9. The van der Waals surface area contributed by atoms with E-state index in [2.05, 4.69) is 10.5 Å². The number of ketones is 1. The zero-order chi connectivity index (χ0) is 19.6. The molecule has 0 spiro atoms. The Bertz CT molecular complexity index is 883. The van der Waals surface area contributed by atoms with Gasteiger partial charge in [-0.05, 0) is 49.7 Å². The summed E-state index contributed by atoms with van der Waals surface area (Å²) in [5.74, 6) is -0.361. The van der Waals surface area contributed by atoms with Crippen molar-refractivity contribution in [2.45, 2.75) is 32.9 Å². The molecule has 7 heteroatoms. The van der Waals surface area contributed by atoms with Crippen LogP contribution in [0.25, 0.3) is 0 Å². The number of amidine groups is 1. The SMILES string of the molecule is CCC1(C)N(NC(=O)c2ccccc2)C(C(C)=O)=NN1c1ccc(Cl)cc1. The van der Waals surface area contributed by atoms with Crippen molar-refractivity contribution in [1.29, 1.82) is 0 Å². The summed E-state index contributed by atoms with van der Waals surface area (Å²) in [7, 11) is 0. The number of hydrogen-bond donors (Lipinski definition) is 1. The van der Waals surface area contributed by atoms with Crippen molar-refractivity contribution < 1.29 is 9.59 Å². The van der Waals surface area contributed by atoms with E-state index in [1.54, 1.807) is 46.4 Å². The minimum Gasteiger partial charge on any atom is -0.291 e. The lowest BCUT2D eigenvalue weighted by atomic mass is 10.1. The number of rotatable bonds is 5. The minimum atomic E-state index is -0.751. The molecular weight excluding hydrogens is 364 g/mol. The molecule has 3 rings (SSSR count). The van der Waals surface area contributed by atoms with E-state index in [-0.39, 0.29) is 17.5 Å². The fourth-order valence-electron chi connectivity index (χ4n) is 2.95. The zero-order valence-electron chi connectivity index (χ0n) is 15.4. The Labute approximate surface area is 163 Å². The van der Waals surface area contributed by atoms with Gasteiger partial charge in [0, 0.05) is 17.5 Å². The molecule has 2 aromatic rings. The molecular formula is C20H21ClN4O2. The standard InChI is InChI=1S/C20H21ClN4O2/c1-4-20(3)24(17-12-10-16(21)11-13-17)22-18(14(2)26)25(20)23-19(27)15-8-6-5-7-9-15/h5-13H,4H2,1-3H3,(H,23,27). The van der Waals surface area contributed by atoms with Crippen LogP contribution in [0, 0.1) is 0 Å². The van der Waals surface area contributed by atoms with Crippen molar-refractivity contribution in [3.05, 3.63) is 65.2 Å². The molecule has 0 saturated carbocycles. The number of hydrazine groups is 1. The number of hydrogen-bond acceptors (Lipinski definition) is 5. The van der Waals surface area contributed by atoms with Crippen molar-refractivity contribution in [1.82, 2.24) is 10.4 Å². The fraction of sp³-hybridized carbons (Fsp3) is 0.250. The van der Waals surface area contributed by atoms with Crippen LogP contribution < -0.4 is 10.4 Å². The van der Waals surface area contributed by atoms with Gasteiger partial charge in [0.25, 0.3) is 5.91 Å². The molecule has 0 aromatic heterocycles. The molecule has 2 aromatic carbocycles. The van der Waals surface area contributed by atoms with Gasteiger partial charge in [-0.25, -0.2) is 10.0 Å².